The first-order valence-corrected chi connectivity index (χ1v) is 6.89. The van der Waals surface area contributed by atoms with Crippen LogP contribution in [0.2, 0.25) is 5.02 Å². The molecule has 0 heterocycles. The number of hydrogen-bond acceptors (Lipinski definition) is 3. The number of anilines is 1. The Morgan fingerprint density at radius 2 is 2.11 bits per heavy atom. The van der Waals surface area contributed by atoms with E-state index in [9.17, 15) is 9.59 Å². The van der Waals surface area contributed by atoms with Crippen molar-refractivity contribution in [3.63, 3.8) is 0 Å². The lowest BCUT2D eigenvalue weighted by atomic mass is 10.2. The first-order chi connectivity index (χ1) is 8.52. The SMILES string of the molecule is CCOC(=O)CCC(=O)Nc1ccc(Cl)cc1I. The van der Waals surface area contributed by atoms with Crippen LogP contribution in [0.25, 0.3) is 0 Å². The molecule has 1 aromatic rings. The lowest BCUT2D eigenvalue weighted by Crippen LogP contribution is -2.15. The standard InChI is InChI=1S/C12H13ClINO3/c1-2-18-12(17)6-5-11(16)15-10-4-3-8(13)7-9(10)14/h3-4,7H,2,5-6H2,1H3,(H,15,16). The Hall–Kier alpha value is -0.820. The molecule has 0 aromatic heterocycles. The van der Waals surface area contributed by atoms with Gasteiger partial charge in [0.2, 0.25) is 5.91 Å². The molecule has 0 aliphatic carbocycles. The van der Waals surface area contributed by atoms with Crippen LogP contribution in [0.15, 0.2) is 18.2 Å². The number of amides is 1. The van der Waals surface area contributed by atoms with Crippen molar-refractivity contribution < 1.29 is 14.3 Å². The summed E-state index contributed by atoms with van der Waals surface area (Å²) in [5.74, 6) is -0.582. The maximum Gasteiger partial charge on any atom is 0.306 e. The molecule has 6 heteroatoms. The number of nitrogens with one attached hydrogen (secondary N) is 1. The van der Waals surface area contributed by atoms with E-state index >= 15 is 0 Å². The topological polar surface area (TPSA) is 55.4 Å². The van der Waals surface area contributed by atoms with Crippen LogP contribution in [0.1, 0.15) is 19.8 Å². The zero-order valence-electron chi connectivity index (χ0n) is 9.83. The van der Waals surface area contributed by atoms with E-state index in [0.29, 0.717) is 17.3 Å². The van der Waals surface area contributed by atoms with Gasteiger partial charge in [0.05, 0.1) is 18.7 Å². The molecule has 4 nitrogen and oxygen atoms in total. The third-order valence-corrected chi connectivity index (χ3v) is 3.19. The van der Waals surface area contributed by atoms with E-state index in [0.717, 1.165) is 3.57 Å². The maximum absolute atomic E-state index is 11.6. The quantitative estimate of drug-likeness (QED) is 0.629. The Morgan fingerprint density at radius 1 is 1.39 bits per heavy atom. The van der Waals surface area contributed by atoms with Gasteiger partial charge in [0, 0.05) is 15.0 Å². The molecule has 0 atom stereocenters. The van der Waals surface area contributed by atoms with Crippen molar-refractivity contribution in [1.29, 1.82) is 0 Å². The maximum atomic E-state index is 11.6. The van der Waals surface area contributed by atoms with Crippen LogP contribution in [0.3, 0.4) is 0 Å². The molecule has 0 aliphatic heterocycles. The zero-order valence-corrected chi connectivity index (χ0v) is 12.7. The molecular formula is C12H13ClINO3. The highest BCUT2D eigenvalue weighted by atomic mass is 127. The van der Waals surface area contributed by atoms with E-state index < -0.39 is 0 Å². The largest absolute Gasteiger partial charge is 0.466 e. The molecule has 0 saturated heterocycles. The predicted octanol–water partition coefficient (Wildman–Crippen LogP) is 3.23. The van der Waals surface area contributed by atoms with Crippen LogP contribution in [-0.4, -0.2) is 18.5 Å². The Kier molecular flexibility index (Phi) is 6.42. The van der Waals surface area contributed by atoms with Crippen molar-refractivity contribution in [2.75, 3.05) is 11.9 Å². The Bertz CT molecular complexity index is 451. The summed E-state index contributed by atoms with van der Waals surface area (Å²) in [5.41, 5.74) is 0.689. The second-order valence-electron chi connectivity index (χ2n) is 3.48. The van der Waals surface area contributed by atoms with E-state index in [2.05, 4.69) is 27.9 Å². The predicted molar refractivity (Wildman–Crippen MR) is 78.7 cm³/mol. The molecule has 0 saturated carbocycles. The molecule has 0 unspecified atom stereocenters. The fourth-order valence-electron chi connectivity index (χ4n) is 1.25. The molecule has 1 amide bonds. The van der Waals surface area contributed by atoms with Gasteiger partial charge in [-0.2, -0.15) is 0 Å². The molecule has 98 valence electrons. The average Bonchev–Trinajstić information content (AvgIpc) is 2.31. The summed E-state index contributed by atoms with van der Waals surface area (Å²) in [4.78, 5) is 22.7. The number of ether oxygens (including phenoxy) is 1. The van der Waals surface area contributed by atoms with Crippen molar-refractivity contribution in [3.05, 3.63) is 26.8 Å². The minimum Gasteiger partial charge on any atom is -0.466 e. The van der Waals surface area contributed by atoms with E-state index in [1.807, 2.05) is 0 Å². The number of esters is 1. The second-order valence-corrected chi connectivity index (χ2v) is 5.08. The fraction of sp³-hybridized carbons (Fsp3) is 0.333. The Morgan fingerprint density at radius 3 is 2.72 bits per heavy atom. The van der Waals surface area contributed by atoms with E-state index in [4.69, 9.17) is 16.3 Å². The third-order valence-electron chi connectivity index (χ3n) is 2.07. The monoisotopic (exact) mass is 381 g/mol. The first-order valence-electron chi connectivity index (χ1n) is 5.43. The number of hydrogen-bond donors (Lipinski definition) is 1. The van der Waals surface area contributed by atoms with Crippen molar-refractivity contribution in [2.45, 2.75) is 19.8 Å². The normalized spacial score (nSPS) is 9.94. The van der Waals surface area contributed by atoms with Gasteiger partial charge in [-0.25, -0.2) is 0 Å². The smallest absolute Gasteiger partial charge is 0.306 e. The van der Waals surface area contributed by atoms with Crippen LogP contribution >= 0.6 is 34.2 Å². The van der Waals surface area contributed by atoms with Crippen molar-refractivity contribution in [2.24, 2.45) is 0 Å². The highest BCUT2D eigenvalue weighted by Crippen LogP contribution is 2.22. The highest BCUT2D eigenvalue weighted by molar-refractivity contribution is 14.1. The van der Waals surface area contributed by atoms with E-state index in [1.165, 1.54) is 0 Å². The molecule has 0 fully saturated rings. The van der Waals surface area contributed by atoms with Gasteiger partial charge in [0.15, 0.2) is 0 Å². The van der Waals surface area contributed by atoms with Crippen LogP contribution in [0.5, 0.6) is 0 Å². The lowest BCUT2D eigenvalue weighted by Gasteiger charge is -2.07. The van der Waals surface area contributed by atoms with Crippen molar-refractivity contribution in [3.8, 4) is 0 Å². The lowest BCUT2D eigenvalue weighted by molar-refractivity contribution is -0.144. The summed E-state index contributed by atoms with van der Waals surface area (Å²) >= 11 is 7.90. The van der Waals surface area contributed by atoms with Gasteiger partial charge in [0.25, 0.3) is 0 Å². The summed E-state index contributed by atoms with van der Waals surface area (Å²) in [5, 5.41) is 3.34. The average molecular weight is 382 g/mol. The van der Waals surface area contributed by atoms with E-state index in [1.54, 1.807) is 25.1 Å². The van der Waals surface area contributed by atoms with Crippen LogP contribution in [0, 0.1) is 3.57 Å². The summed E-state index contributed by atoms with van der Waals surface area (Å²) in [6, 6.07) is 5.18. The van der Waals surface area contributed by atoms with Gasteiger partial charge in [-0.1, -0.05) is 11.6 Å². The molecule has 0 bridgehead atoms. The number of rotatable bonds is 5. The van der Waals surface area contributed by atoms with Gasteiger partial charge >= 0.3 is 5.97 Å². The highest BCUT2D eigenvalue weighted by Gasteiger charge is 2.09. The van der Waals surface area contributed by atoms with Gasteiger partial charge in [-0.05, 0) is 47.7 Å². The zero-order chi connectivity index (χ0) is 13.5. The molecule has 0 aliphatic rings. The number of benzene rings is 1. The number of carbonyl (C=O) groups excluding carboxylic acids is 2. The Balaban J connectivity index is 2.47. The van der Waals surface area contributed by atoms with Crippen LogP contribution in [-0.2, 0) is 14.3 Å². The minimum absolute atomic E-state index is 0.0871. The molecule has 1 aromatic carbocycles. The van der Waals surface area contributed by atoms with E-state index in [-0.39, 0.29) is 24.7 Å². The van der Waals surface area contributed by atoms with Crippen LogP contribution < -0.4 is 5.32 Å². The van der Waals surface area contributed by atoms with Gasteiger partial charge in [0.1, 0.15) is 0 Å². The molecule has 1 N–H and O–H groups in total. The number of carbonyl (C=O) groups is 2. The molecule has 0 spiro atoms. The Labute approximate surface area is 124 Å². The second kappa shape index (κ2) is 7.58. The van der Waals surface area contributed by atoms with Crippen LogP contribution in [0.4, 0.5) is 5.69 Å². The molecule has 0 radical (unpaired) electrons. The fourth-order valence-corrected chi connectivity index (χ4v) is 2.26. The molecule has 1 rings (SSSR count). The summed E-state index contributed by atoms with van der Waals surface area (Å²) in [7, 11) is 0. The van der Waals surface area contributed by atoms with Gasteiger partial charge in [-0.3, -0.25) is 9.59 Å². The van der Waals surface area contributed by atoms with Crippen molar-refractivity contribution >= 4 is 51.8 Å². The van der Waals surface area contributed by atoms with Gasteiger partial charge < -0.3 is 10.1 Å². The van der Waals surface area contributed by atoms with Crippen molar-refractivity contribution in [1.82, 2.24) is 0 Å². The first kappa shape index (κ1) is 15.2. The third kappa shape index (κ3) is 5.22. The summed E-state index contributed by atoms with van der Waals surface area (Å²) in [6.07, 6.45) is 0.196. The minimum atomic E-state index is -0.363. The summed E-state index contributed by atoms with van der Waals surface area (Å²) in [6.45, 7) is 2.06. The summed E-state index contributed by atoms with van der Waals surface area (Å²) < 4.78 is 5.60. The molecular weight excluding hydrogens is 368 g/mol. The number of halogens is 2. The molecule has 18 heavy (non-hydrogen) atoms. The van der Waals surface area contributed by atoms with Gasteiger partial charge in [-0.15, -0.1) is 0 Å².